The van der Waals surface area contributed by atoms with Crippen molar-refractivity contribution in [3.8, 4) is 5.75 Å². The Kier molecular flexibility index (Phi) is 5.44. The van der Waals surface area contributed by atoms with Gasteiger partial charge in [-0.05, 0) is 38.7 Å². The number of para-hydroxylation sites is 1. The highest BCUT2D eigenvalue weighted by molar-refractivity contribution is 7.99. The van der Waals surface area contributed by atoms with E-state index in [0.29, 0.717) is 12.5 Å². The highest BCUT2D eigenvalue weighted by atomic mass is 35.5. The number of hydrogen-bond acceptors (Lipinski definition) is 3. The highest BCUT2D eigenvalue weighted by Gasteiger charge is 2.21. The maximum absolute atomic E-state index is 6.10. The van der Waals surface area contributed by atoms with Crippen LogP contribution in [0.25, 0.3) is 11.0 Å². The second-order valence-electron chi connectivity index (χ2n) is 5.68. The summed E-state index contributed by atoms with van der Waals surface area (Å²) in [6.45, 7) is 8.16. The number of rotatable bonds is 7. The molecule has 1 aromatic carbocycles. The number of nitrogens with zero attached hydrogens (tertiary/aromatic N) is 2. The number of aromatic nitrogens is 2. The average Bonchev–Trinajstić information content (AvgIpc) is 2.83. The molecule has 0 saturated heterocycles. The second kappa shape index (κ2) is 6.93. The van der Waals surface area contributed by atoms with Crippen molar-refractivity contribution in [2.24, 2.45) is 0 Å². The van der Waals surface area contributed by atoms with Gasteiger partial charge in [-0.3, -0.25) is 0 Å². The van der Waals surface area contributed by atoms with Crippen LogP contribution in [0, 0.1) is 0 Å². The number of thioether (sulfide) groups is 1. The summed E-state index contributed by atoms with van der Waals surface area (Å²) in [6.07, 6.45) is 3.12. The predicted octanol–water partition coefficient (Wildman–Crippen LogP) is 4.71. The summed E-state index contributed by atoms with van der Waals surface area (Å²) in [7, 11) is 0. The van der Waals surface area contributed by atoms with E-state index in [-0.39, 0.29) is 4.75 Å². The molecule has 2 rings (SSSR count). The Balaban J connectivity index is 2.49. The molecule has 116 valence electrons. The van der Waals surface area contributed by atoms with Gasteiger partial charge in [0.15, 0.2) is 0 Å². The molecule has 0 aliphatic carbocycles. The number of fused-ring (bicyclic) bond motifs is 1. The van der Waals surface area contributed by atoms with Gasteiger partial charge in [-0.1, -0.05) is 13.0 Å². The van der Waals surface area contributed by atoms with Gasteiger partial charge in [0.2, 0.25) is 0 Å². The van der Waals surface area contributed by atoms with Gasteiger partial charge in [0, 0.05) is 11.3 Å². The molecule has 1 heterocycles. The monoisotopic (exact) mass is 326 g/mol. The molecule has 0 radical (unpaired) electrons. The zero-order valence-electron chi connectivity index (χ0n) is 13.1. The molecule has 3 nitrogen and oxygen atoms in total. The largest absolute Gasteiger partial charge is 0.491 e. The molecule has 0 aliphatic heterocycles. The minimum atomic E-state index is 0.134. The summed E-state index contributed by atoms with van der Waals surface area (Å²) in [6, 6.07) is 6.09. The summed E-state index contributed by atoms with van der Waals surface area (Å²) in [5.41, 5.74) is 2.01. The van der Waals surface area contributed by atoms with Crippen LogP contribution in [-0.4, -0.2) is 27.2 Å². The molecule has 0 fully saturated rings. The zero-order valence-corrected chi connectivity index (χ0v) is 14.7. The van der Waals surface area contributed by atoms with Gasteiger partial charge in [-0.25, -0.2) is 4.98 Å². The lowest BCUT2D eigenvalue weighted by atomic mass is 10.2. The van der Waals surface area contributed by atoms with Crippen LogP contribution >= 0.6 is 23.4 Å². The minimum Gasteiger partial charge on any atom is -0.491 e. The molecule has 2 aromatic rings. The van der Waals surface area contributed by atoms with Gasteiger partial charge < -0.3 is 9.30 Å². The van der Waals surface area contributed by atoms with Crippen LogP contribution in [0.1, 0.15) is 33.0 Å². The van der Waals surface area contributed by atoms with Crippen LogP contribution in [-0.2, 0) is 12.4 Å². The lowest BCUT2D eigenvalue weighted by molar-refractivity contribution is 0.320. The molecule has 0 spiro atoms. The Morgan fingerprint density at radius 1 is 1.38 bits per heavy atom. The fourth-order valence-electron chi connectivity index (χ4n) is 2.22. The first-order valence-corrected chi connectivity index (χ1v) is 9.00. The van der Waals surface area contributed by atoms with Crippen LogP contribution in [0.4, 0.5) is 0 Å². The number of hydrogen-bond donors (Lipinski definition) is 0. The average molecular weight is 327 g/mol. The molecule has 0 N–H and O–H groups in total. The summed E-state index contributed by atoms with van der Waals surface area (Å²) in [4.78, 5) is 4.70. The first-order valence-electron chi connectivity index (χ1n) is 7.24. The normalized spacial score (nSPS) is 12.0. The van der Waals surface area contributed by atoms with E-state index in [1.165, 1.54) is 0 Å². The second-order valence-corrected chi connectivity index (χ2v) is 7.46. The Morgan fingerprint density at radius 3 is 2.76 bits per heavy atom. The molecule has 0 atom stereocenters. The fraction of sp³-hybridized carbons (Fsp3) is 0.562. The molecular formula is C16H23ClN2OS. The Morgan fingerprint density at radius 2 is 2.14 bits per heavy atom. The molecular weight excluding hydrogens is 304 g/mol. The van der Waals surface area contributed by atoms with Crippen molar-refractivity contribution in [1.29, 1.82) is 0 Å². The van der Waals surface area contributed by atoms with Crippen LogP contribution in [0.3, 0.4) is 0 Å². The number of imidazole rings is 1. The quantitative estimate of drug-likeness (QED) is 0.690. The van der Waals surface area contributed by atoms with E-state index in [1.54, 1.807) is 0 Å². The van der Waals surface area contributed by atoms with Gasteiger partial charge in [-0.15, -0.1) is 11.6 Å². The number of benzene rings is 1. The van der Waals surface area contributed by atoms with Gasteiger partial charge in [0.05, 0.1) is 18.0 Å². The third-order valence-corrected chi connectivity index (χ3v) is 4.97. The lowest BCUT2D eigenvalue weighted by Gasteiger charge is -2.24. The summed E-state index contributed by atoms with van der Waals surface area (Å²) < 4.78 is 8.17. The molecule has 0 aliphatic rings. The van der Waals surface area contributed by atoms with Crippen molar-refractivity contribution in [2.75, 3.05) is 12.9 Å². The van der Waals surface area contributed by atoms with E-state index >= 15 is 0 Å². The Hall–Kier alpha value is -0.870. The van der Waals surface area contributed by atoms with Crippen molar-refractivity contribution in [3.05, 3.63) is 24.0 Å². The molecule has 5 heteroatoms. The van der Waals surface area contributed by atoms with Crippen molar-refractivity contribution in [1.82, 2.24) is 9.55 Å². The van der Waals surface area contributed by atoms with E-state index in [0.717, 1.165) is 35.6 Å². The minimum absolute atomic E-state index is 0.134. The number of ether oxygens (including phenoxy) is 1. The Bertz CT molecular complexity index is 610. The zero-order chi connectivity index (χ0) is 15.5. The first kappa shape index (κ1) is 16.5. The van der Waals surface area contributed by atoms with Crippen LogP contribution in [0.2, 0.25) is 0 Å². The Labute approximate surface area is 136 Å². The highest BCUT2D eigenvalue weighted by Crippen LogP contribution is 2.31. The molecule has 0 amide bonds. The fourth-order valence-corrected chi connectivity index (χ4v) is 2.68. The standard InChI is InChI=1S/C16H23ClN2OS/c1-5-9-20-13-8-6-7-12-15(13)18-14(10-17)19(12)11-16(2,3)21-4/h6-8H,5,9-11H2,1-4H3. The van der Waals surface area contributed by atoms with E-state index in [9.17, 15) is 0 Å². The molecule has 0 saturated carbocycles. The predicted molar refractivity (Wildman–Crippen MR) is 92.7 cm³/mol. The van der Waals surface area contributed by atoms with Gasteiger partial charge in [0.25, 0.3) is 0 Å². The van der Waals surface area contributed by atoms with E-state index in [1.807, 2.05) is 23.9 Å². The van der Waals surface area contributed by atoms with Crippen LogP contribution in [0.15, 0.2) is 18.2 Å². The molecule has 1 aromatic heterocycles. The molecule has 21 heavy (non-hydrogen) atoms. The summed E-state index contributed by atoms with van der Waals surface area (Å²) in [5, 5.41) is 0. The van der Waals surface area contributed by atoms with Gasteiger partial charge in [0.1, 0.15) is 17.1 Å². The summed E-state index contributed by atoms with van der Waals surface area (Å²) in [5.74, 6) is 2.16. The van der Waals surface area contributed by atoms with Crippen molar-refractivity contribution >= 4 is 34.4 Å². The number of alkyl halides is 1. The van der Waals surface area contributed by atoms with E-state index in [4.69, 9.17) is 21.3 Å². The topological polar surface area (TPSA) is 27.1 Å². The molecule has 0 bridgehead atoms. The van der Waals surface area contributed by atoms with Crippen molar-refractivity contribution < 1.29 is 4.74 Å². The SMILES string of the molecule is CCCOc1cccc2c1nc(CCl)n2CC(C)(C)SC. The number of halogens is 1. The van der Waals surface area contributed by atoms with Crippen LogP contribution < -0.4 is 4.74 Å². The maximum Gasteiger partial charge on any atom is 0.147 e. The smallest absolute Gasteiger partial charge is 0.147 e. The van der Waals surface area contributed by atoms with Gasteiger partial charge >= 0.3 is 0 Å². The van der Waals surface area contributed by atoms with E-state index in [2.05, 4.69) is 37.7 Å². The van der Waals surface area contributed by atoms with E-state index < -0.39 is 0 Å². The van der Waals surface area contributed by atoms with Crippen molar-refractivity contribution in [2.45, 2.75) is 44.4 Å². The van der Waals surface area contributed by atoms with Gasteiger partial charge in [-0.2, -0.15) is 11.8 Å². The third kappa shape index (κ3) is 3.67. The van der Waals surface area contributed by atoms with Crippen molar-refractivity contribution in [3.63, 3.8) is 0 Å². The maximum atomic E-state index is 6.10. The first-order chi connectivity index (χ1) is 10.0. The summed E-state index contributed by atoms with van der Waals surface area (Å²) >= 11 is 7.95. The molecule has 0 unspecified atom stereocenters. The third-order valence-electron chi connectivity index (χ3n) is 3.49. The van der Waals surface area contributed by atoms with Crippen LogP contribution in [0.5, 0.6) is 5.75 Å². The lowest BCUT2D eigenvalue weighted by Crippen LogP contribution is -2.23.